The summed E-state index contributed by atoms with van der Waals surface area (Å²) in [5, 5.41) is 17.9. The number of aryl methyl sites for hydroxylation is 1. The molecule has 31 heavy (non-hydrogen) atoms. The highest BCUT2D eigenvalue weighted by Gasteiger charge is 2.17. The normalized spacial score (nSPS) is 11.5. The van der Waals surface area contributed by atoms with Crippen molar-refractivity contribution in [2.75, 3.05) is 7.11 Å². The molecule has 5 aromatic rings. The number of ether oxygens (including phenoxy) is 1. The maximum atomic E-state index is 15.0. The van der Waals surface area contributed by atoms with Crippen molar-refractivity contribution in [3.05, 3.63) is 60.7 Å². The highest BCUT2D eigenvalue weighted by atomic mass is 19.1. The summed E-state index contributed by atoms with van der Waals surface area (Å²) in [6.45, 7) is 2.54. The molecule has 4 heterocycles. The first kappa shape index (κ1) is 19.1. The van der Waals surface area contributed by atoms with Crippen LogP contribution in [-0.2, 0) is 13.2 Å². The van der Waals surface area contributed by atoms with Crippen molar-refractivity contribution in [3.8, 4) is 28.0 Å². The number of halogens is 1. The molecule has 9 heteroatoms. The van der Waals surface area contributed by atoms with Crippen LogP contribution in [0.25, 0.3) is 39.1 Å². The van der Waals surface area contributed by atoms with E-state index in [4.69, 9.17) is 4.74 Å². The number of methoxy groups -OCH3 is 1. The molecule has 0 atom stereocenters. The molecule has 0 radical (unpaired) electrons. The standard InChI is InChI=1S/C22H19FN6O2/c1-3-28-12-25-21-16(9-26-27-22(21)28)13-4-5-18(23)15(6-13)17-10-29-14(11-30)8-24-20(29)7-19(17)31-2/h4-10,12,30H,3,11H2,1-2H3. The minimum absolute atomic E-state index is 0.184. The van der Waals surface area contributed by atoms with Gasteiger partial charge in [-0.25, -0.2) is 14.4 Å². The van der Waals surface area contributed by atoms with Gasteiger partial charge in [-0.15, -0.1) is 5.10 Å². The smallest absolute Gasteiger partial charge is 0.183 e. The van der Waals surface area contributed by atoms with Gasteiger partial charge in [0, 0.05) is 35.5 Å². The summed E-state index contributed by atoms with van der Waals surface area (Å²) in [6, 6.07) is 6.57. The summed E-state index contributed by atoms with van der Waals surface area (Å²) in [6.07, 6.45) is 6.65. The molecule has 156 valence electrons. The van der Waals surface area contributed by atoms with Gasteiger partial charge in [-0.3, -0.25) is 0 Å². The lowest BCUT2D eigenvalue weighted by molar-refractivity contribution is 0.276. The van der Waals surface area contributed by atoms with Gasteiger partial charge >= 0.3 is 0 Å². The van der Waals surface area contributed by atoms with Gasteiger partial charge in [0.2, 0.25) is 0 Å². The minimum Gasteiger partial charge on any atom is -0.496 e. The van der Waals surface area contributed by atoms with Crippen molar-refractivity contribution in [1.82, 2.24) is 29.1 Å². The molecule has 1 N–H and O–H groups in total. The van der Waals surface area contributed by atoms with Gasteiger partial charge in [0.1, 0.15) is 22.7 Å². The Bertz CT molecular complexity index is 1420. The molecule has 1 aromatic carbocycles. The number of hydrogen-bond donors (Lipinski definition) is 1. The van der Waals surface area contributed by atoms with E-state index in [2.05, 4.69) is 20.2 Å². The Balaban J connectivity index is 1.73. The third-order valence-electron chi connectivity index (χ3n) is 5.38. The Kier molecular flexibility index (Phi) is 4.59. The predicted molar refractivity (Wildman–Crippen MR) is 113 cm³/mol. The van der Waals surface area contributed by atoms with Crippen molar-refractivity contribution in [2.45, 2.75) is 20.1 Å². The number of aliphatic hydroxyl groups excluding tert-OH is 1. The monoisotopic (exact) mass is 418 g/mol. The molecule has 0 aliphatic carbocycles. The molecule has 0 saturated carbocycles. The predicted octanol–water partition coefficient (Wildman–Crippen LogP) is 3.47. The lowest BCUT2D eigenvalue weighted by Gasteiger charge is -2.13. The molecule has 5 rings (SSSR count). The Labute approximate surface area is 176 Å². The Morgan fingerprint density at radius 1 is 1.10 bits per heavy atom. The first-order valence-corrected chi connectivity index (χ1v) is 9.76. The molecule has 0 bridgehead atoms. The summed E-state index contributed by atoms with van der Waals surface area (Å²) in [7, 11) is 1.53. The van der Waals surface area contributed by atoms with Gasteiger partial charge in [0.25, 0.3) is 0 Å². The van der Waals surface area contributed by atoms with E-state index in [0.29, 0.717) is 39.4 Å². The van der Waals surface area contributed by atoms with E-state index in [1.807, 2.05) is 11.5 Å². The SMILES string of the molecule is CCn1cnc2c(-c3ccc(F)c(-c4cn5c(CO)cnc5cc4OC)c3)cnnc21. The zero-order valence-corrected chi connectivity index (χ0v) is 16.9. The second-order valence-corrected chi connectivity index (χ2v) is 7.05. The van der Waals surface area contributed by atoms with Crippen molar-refractivity contribution >= 4 is 16.8 Å². The van der Waals surface area contributed by atoms with Crippen molar-refractivity contribution in [1.29, 1.82) is 0 Å². The maximum Gasteiger partial charge on any atom is 0.183 e. The molecular formula is C22H19FN6O2. The Morgan fingerprint density at radius 2 is 1.97 bits per heavy atom. The molecule has 0 saturated heterocycles. The van der Waals surface area contributed by atoms with Crippen LogP contribution in [0.1, 0.15) is 12.6 Å². The minimum atomic E-state index is -0.399. The molecule has 0 spiro atoms. The van der Waals surface area contributed by atoms with E-state index in [1.165, 1.54) is 13.2 Å². The Morgan fingerprint density at radius 3 is 2.74 bits per heavy atom. The van der Waals surface area contributed by atoms with E-state index >= 15 is 0 Å². The number of imidazole rings is 2. The number of pyridine rings is 1. The number of benzene rings is 1. The summed E-state index contributed by atoms with van der Waals surface area (Å²) >= 11 is 0. The third kappa shape index (κ3) is 3.01. The number of hydrogen-bond acceptors (Lipinski definition) is 6. The van der Waals surface area contributed by atoms with E-state index < -0.39 is 5.82 Å². The lowest BCUT2D eigenvalue weighted by Crippen LogP contribution is -1.98. The van der Waals surface area contributed by atoms with Crippen LogP contribution in [0.15, 0.2) is 49.2 Å². The first-order valence-electron chi connectivity index (χ1n) is 9.76. The molecule has 0 fully saturated rings. The van der Waals surface area contributed by atoms with Crippen LogP contribution in [0.2, 0.25) is 0 Å². The zero-order chi connectivity index (χ0) is 21.5. The molecule has 0 aliphatic rings. The molecule has 0 aliphatic heterocycles. The molecule has 4 aromatic heterocycles. The van der Waals surface area contributed by atoms with Gasteiger partial charge in [-0.2, -0.15) is 5.10 Å². The molecule has 8 nitrogen and oxygen atoms in total. The number of nitrogens with zero attached hydrogens (tertiary/aromatic N) is 6. The fourth-order valence-electron chi connectivity index (χ4n) is 3.76. The number of rotatable bonds is 5. The third-order valence-corrected chi connectivity index (χ3v) is 5.38. The molecule has 0 unspecified atom stereocenters. The summed E-state index contributed by atoms with van der Waals surface area (Å²) < 4.78 is 24.1. The summed E-state index contributed by atoms with van der Waals surface area (Å²) in [5.41, 5.74) is 5.00. The maximum absolute atomic E-state index is 15.0. The van der Waals surface area contributed by atoms with E-state index in [1.54, 1.807) is 47.5 Å². The topological polar surface area (TPSA) is 90.4 Å². The largest absolute Gasteiger partial charge is 0.496 e. The van der Waals surface area contributed by atoms with Gasteiger partial charge < -0.3 is 18.8 Å². The van der Waals surface area contributed by atoms with Crippen LogP contribution in [0.3, 0.4) is 0 Å². The summed E-state index contributed by atoms with van der Waals surface area (Å²) in [4.78, 5) is 8.75. The second-order valence-electron chi connectivity index (χ2n) is 7.05. The fourth-order valence-corrected chi connectivity index (χ4v) is 3.76. The van der Waals surface area contributed by atoms with E-state index in [-0.39, 0.29) is 6.61 Å². The quantitative estimate of drug-likeness (QED) is 0.470. The zero-order valence-electron chi connectivity index (χ0n) is 16.9. The van der Waals surface area contributed by atoms with Crippen molar-refractivity contribution < 1.29 is 14.2 Å². The van der Waals surface area contributed by atoms with Crippen molar-refractivity contribution in [3.63, 3.8) is 0 Å². The highest BCUT2D eigenvalue weighted by molar-refractivity contribution is 5.90. The Hall–Kier alpha value is -3.85. The van der Waals surface area contributed by atoms with Crippen molar-refractivity contribution in [2.24, 2.45) is 0 Å². The number of aliphatic hydroxyl groups is 1. The fraction of sp³-hybridized carbons (Fsp3) is 0.182. The van der Waals surface area contributed by atoms with Gasteiger partial charge in [-0.05, 0) is 24.6 Å². The average molecular weight is 418 g/mol. The highest BCUT2D eigenvalue weighted by Crippen LogP contribution is 2.36. The average Bonchev–Trinajstić information content (AvgIpc) is 3.41. The van der Waals surface area contributed by atoms with Crippen LogP contribution in [0.4, 0.5) is 4.39 Å². The van der Waals surface area contributed by atoms with Gasteiger partial charge in [0.05, 0.1) is 38.1 Å². The van der Waals surface area contributed by atoms with Crippen LogP contribution in [-0.4, -0.2) is 41.3 Å². The first-order chi connectivity index (χ1) is 15.1. The second kappa shape index (κ2) is 7.44. The van der Waals surface area contributed by atoms with Crippen LogP contribution in [0, 0.1) is 5.82 Å². The molecule has 0 amide bonds. The van der Waals surface area contributed by atoms with Gasteiger partial charge in [-0.1, -0.05) is 6.07 Å². The van der Waals surface area contributed by atoms with Crippen LogP contribution in [0.5, 0.6) is 5.75 Å². The van der Waals surface area contributed by atoms with Crippen LogP contribution >= 0.6 is 0 Å². The van der Waals surface area contributed by atoms with Crippen LogP contribution < -0.4 is 4.74 Å². The van der Waals surface area contributed by atoms with Gasteiger partial charge in [0.15, 0.2) is 5.65 Å². The lowest BCUT2D eigenvalue weighted by atomic mass is 9.99. The molecular weight excluding hydrogens is 399 g/mol. The number of aromatic nitrogens is 6. The number of fused-ring (bicyclic) bond motifs is 2. The van der Waals surface area contributed by atoms with E-state index in [9.17, 15) is 9.50 Å². The summed E-state index contributed by atoms with van der Waals surface area (Å²) in [5.74, 6) is 0.0799. The van der Waals surface area contributed by atoms with E-state index in [0.717, 1.165) is 17.7 Å².